The average Bonchev–Trinajstić information content (AvgIpc) is 3.06. The third kappa shape index (κ3) is 5.14. The predicted molar refractivity (Wildman–Crippen MR) is 145 cm³/mol. The van der Waals surface area contributed by atoms with Gasteiger partial charge in [-0.05, 0) is 91.8 Å². The first-order valence-corrected chi connectivity index (χ1v) is 15.3. The van der Waals surface area contributed by atoms with Crippen LogP contribution in [-0.4, -0.2) is 37.7 Å². The molecular formula is C29H30FNO5S2. The van der Waals surface area contributed by atoms with Gasteiger partial charge in [0.05, 0.1) is 16.4 Å². The first kappa shape index (κ1) is 26.6. The molecule has 0 bridgehead atoms. The Morgan fingerprint density at radius 2 is 1.68 bits per heavy atom. The number of hydrogen-bond acceptors (Lipinski definition) is 5. The second kappa shape index (κ2) is 9.61. The average molecular weight is 556 g/mol. The number of carboxylic acid groups (broad SMARTS) is 1. The van der Waals surface area contributed by atoms with Crippen LogP contribution in [0.15, 0.2) is 47.4 Å². The van der Waals surface area contributed by atoms with Gasteiger partial charge in [0, 0.05) is 22.1 Å². The van der Waals surface area contributed by atoms with Crippen molar-refractivity contribution in [1.82, 2.24) is 5.32 Å². The summed E-state index contributed by atoms with van der Waals surface area (Å²) in [5.74, 6) is -1.65. The first-order valence-electron chi connectivity index (χ1n) is 12.6. The molecule has 1 spiro atoms. The number of sulfone groups is 1. The second-order valence-electron chi connectivity index (χ2n) is 10.9. The van der Waals surface area contributed by atoms with Gasteiger partial charge in [-0.3, -0.25) is 9.59 Å². The van der Waals surface area contributed by atoms with E-state index in [9.17, 15) is 22.4 Å². The number of carboxylic acids is 1. The molecular weight excluding hydrogens is 525 g/mol. The van der Waals surface area contributed by atoms with Crippen LogP contribution in [0, 0.1) is 31.0 Å². The largest absolute Gasteiger partial charge is 0.481 e. The van der Waals surface area contributed by atoms with Crippen molar-refractivity contribution in [2.24, 2.45) is 11.3 Å². The van der Waals surface area contributed by atoms with Crippen molar-refractivity contribution in [2.75, 3.05) is 6.26 Å². The van der Waals surface area contributed by atoms with Crippen molar-refractivity contribution in [3.8, 4) is 11.1 Å². The van der Waals surface area contributed by atoms with E-state index >= 15 is 0 Å². The summed E-state index contributed by atoms with van der Waals surface area (Å²) in [6.45, 7) is 3.96. The summed E-state index contributed by atoms with van der Waals surface area (Å²) in [4.78, 5) is 26.4. The fraction of sp³-hybridized carbons (Fsp3) is 0.379. The molecule has 1 amide bonds. The van der Waals surface area contributed by atoms with Gasteiger partial charge < -0.3 is 10.4 Å². The van der Waals surface area contributed by atoms with Gasteiger partial charge in [0.2, 0.25) is 0 Å². The fourth-order valence-corrected chi connectivity index (χ4v) is 7.78. The van der Waals surface area contributed by atoms with Crippen LogP contribution in [0.25, 0.3) is 11.1 Å². The van der Waals surface area contributed by atoms with Crippen molar-refractivity contribution in [3.05, 3.63) is 74.7 Å². The number of hydrogen-bond donors (Lipinski definition) is 2. The minimum Gasteiger partial charge on any atom is -0.481 e. The summed E-state index contributed by atoms with van der Waals surface area (Å²) >= 11 is 1.60. The maximum atomic E-state index is 14.1. The molecule has 200 valence electrons. The molecule has 2 aliphatic carbocycles. The van der Waals surface area contributed by atoms with E-state index < -0.39 is 21.6 Å². The number of nitrogens with one attached hydrogen (secondary N) is 1. The predicted octanol–water partition coefficient (Wildman–Crippen LogP) is 5.54. The Bertz CT molecular complexity index is 1530. The molecule has 5 rings (SSSR count). The molecule has 0 aliphatic heterocycles. The second-order valence-corrected chi connectivity index (χ2v) is 14.4. The van der Waals surface area contributed by atoms with E-state index in [1.54, 1.807) is 11.3 Å². The topological polar surface area (TPSA) is 101 Å². The van der Waals surface area contributed by atoms with Crippen molar-refractivity contribution >= 4 is 33.1 Å². The summed E-state index contributed by atoms with van der Waals surface area (Å²) in [7, 11) is -3.54. The lowest BCUT2D eigenvalue weighted by Gasteiger charge is -2.56. The number of aryl methyl sites for hydroxylation is 2. The van der Waals surface area contributed by atoms with Gasteiger partial charge in [-0.1, -0.05) is 24.3 Å². The standard InChI is InChI=1S/C29H30FNO5S2/c1-16-25(8-18-4-6-19(7-5-18)20-9-22(30)11-24(10-20)38(3,35)36)26(17(2)37-16)27(32)31-23-14-29(15-23)12-21(13-29)28(33)34/h4-7,9-11,21,23H,8,12-15H2,1-3H3,(H,31,32)(H,33,34). The molecule has 2 saturated carbocycles. The molecule has 9 heteroatoms. The zero-order valence-corrected chi connectivity index (χ0v) is 23.1. The van der Waals surface area contributed by atoms with Crippen LogP contribution in [0.1, 0.15) is 56.9 Å². The molecule has 0 radical (unpaired) electrons. The number of amides is 1. The van der Waals surface area contributed by atoms with Crippen LogP contribution in [0.4, 0.5) is 4.39 Å². The summed E-state index contributed by atoms with van der Waals surface area (Å²) in [6.07, 6.45) is 4.70. The number of halogens is 1. The Balaban J connectivity index is 1.29. The fourth-order valence-electron chi connectivity index (χ4n) is 6.04. The van der Waals surface area contributed by atoms with E-state index in [-0.39, 0.29) is 28.2 Å². The molecule has 2 aliphatic rings. The van der Waals surface area contributed by atoms with E-state index in [0.29, 0.717) is 36.0 Å². The highest BCUT2D eigenvalue weighted by atomic mass is 32.2. The number of thiophene rings is 1. The number of carbonyl (C=O) groups is 2. The Kier molecular flexibility index (Phi) is 6.72. The van der Waals surface area contributed by atoms with Crippen molar-refractivity contribution < 1.29 is 27.5 Å². The normalized spacial score (nSPS) is 22.5. The Hall–Kier alpha value is -3.04. The minimum absolute atomic E-state index is 0.0620. The molecule has 2 aromatic carbocycles. The van der Waals surface area contributed by atoms with Gasteiger partial charge in [-0.15, -0.1) is 11.3 Å². The molecule has 1 aromatic heterocycles. The van der Waals surface area contributed by atoms with Crippen LogP contribution in [-0.2, 0) is 21.1 Å². The first-order chi connectivity index (χ1) is 17.8. The molecule has 0 atom stereocenters. The monoisotopic (exact) mass is 555 g/mol. The lowest BCUT2D eigenvalue weighted by molar-refractivity contribution is -0.155. The molecule has 0 saturated heterocycles. The van der Waals surface area contributed by atoms with Crippen LogP contribution < -0.4 is 5.32 Å². The van der Waals surface area contributed by atoms with Crippen LogP contribution in [0.2, 0.25) is 0 Å². The van der Waals surface area contributed by atoms with E-state index in [4.69, 9.17) is 5.11 Å². The van der Waals surface area contributed by atoms with Crippen molar-refractivity contribution in [1.29, 1.82) is 0 Å². The molecule has 38 heavy (non-hydrogen) atoms. The quantitative estimate of drug-likeness (QED) is 0.399. The molecule has 6 nitrogen and oxygen atoms in total. The van der Waals surface area contributed by atoms with Crippen molar-refractivity contribution in [2.45, 2.75) is 56.9 Å². The van der Waals surface area contributed by atoms with Gasteiger partial charge in [-0.2, -0.15) is 0 Å². The summed E-state index contributed by atoms with van der Waals surface area (Å²) in [5, 5.41) is 12.3. The van der Waals surface area contributed by atoms with E-state index in [1.807, 2.05) is 38.1 Å². The van der Waals surface area contributed by atoms with Crippen molar-refractivity contribution in [3.63, 3.8) is 0 Å². The summed E-state index contributed by atoms with van der Waals surface area (Å²) < 4.78 is 37.9. The highest BCUT2D eigenvalue weighted by Gasteiger charge is 2.55. The lowest BCUT2D eigenvalue weighted by atomic mass is 9.50. The van der Waals surface area contributed by atoms with E-state index in [2.05, 4.69) is 5.32 Å². The lowest BCUT2D eigenvalue weighted by Crippen LogP contribution is -2.57. The number of carbonyl (C=O) groups excluding carboxylic acids is 1. The third-order valence-corrected chi connectivity index (χ3v) is 10.1. The number of rotatable bonds is 7. The zero-order valence-electron chi connectivity index (χ0n) is 21.5. The Morgan fingerprint density at radius 3 is 2.29 bits per heavy atom. The maximum Gasteiger partial charge on any atom is 0.306 e. The minimum atomic E-state index is -3.54. The highest BCUT2D eigenvalue weighted by Crippen LogP contribution is 2.58. The molecule has 2 N–H and O–H groups in total. The smallest absolute Gasteiger partial charge is 0.306 e. The zero-order chi connectivity index (χ0) is 27.4. The van der Waals surface area contributed by atoms with Crippen LogP contribution in [0.3, 0.4) is 0 Å². The van der Waals surface area contributed by atoms with E-state index in [1.165, 1.54) is 12.1 Å². The highest BCUT2D eigenvalue weighted by molar-refractivity contribution is 7.90. The third-order valence-electron chi connectivity index (χ3n) is 7.98. The van der Waals surface area contributed by atoms with Gasteiger partial charge in [0.15, 0.2) is 9.84 Å². The molecule has 1 heterocycles. The maximum absolute atomic E-state index is 14.1. The number of benzene rings is 2. The van der Waals surface area contributed by atoms with Crippen LogP contribution in [0.5, 0.6) is 0 Å². The SMILES string of the molecule is Cc1sc(C)c(C(=O)NC2CC3(C2)CC(C(=O)O)C3)c1Cc1ccc(-c2cc(F)cc(S(C)(=O)=O)c2)cc1. The molecule has 0 unspecified atom stereocenters. The molecule has 2 fully saturated rings. The molecule has 3 aromatic rings. The summed E-state index contributed by atoms with van der Waals surface area (Å²) in [6, 6.07) is 11.4. The van der Waals surface area contributed by atoms with Gasteiger partial charge in [0.25, 0.3) is 5.91 Å². The van der Waals surface area contributed by atoms with Gasteiger partial charge in [-0.25, -0.2) is 12.8 Å². The van der Waals surface area contributed by atoms with Gasteiger partial charge >= 0.3 is 5.97 Å². The van der Waals surface area contributed by atoms with Crippen LogP contribution >= 0.6 is 11.3 Å². The summed E-state index contributed by atoms with van der Waals surface area (Å²) in [5.41, 5.74) is 3.95. The number of aliphatic carboxylic acids is 1. The van der Waals surface area contributed by atoms with Gasteiger partial charge in [0.1, 0.15) is 5.82 Å². The van der Waals surface area contributed by atoms with E-state index in [0.717, 1.165) is 46.0 Å². The Labute approximate surface area is 225 Å². The Morgan fingerprint density at radius 1 is 1.03 bits per heavy atom.